The fourth-order valence-corrected chi connectivity index (χ4v) is 2.39. The first-order chi connectivity index (χ1) is 9.54. The summed E-state index contributed by atoms with van der Waals surface area (Å²) >= 11 is 1.18. The van der Waals surface area contributed by atoms with Crippen LogP contribution in [0.25, 0.3) is 0 Å². The number of carbonyl (C=O) groups excluding carboxylic acids is 1. The van der Waals surface area contributed by atoms with E-state index in [9.17, 15) is 14.0 Å². The highest BCUT2D eigenvalue weighted by atomic mass is 32.1. The molecule has 0 fully saturated rings. The molecule has 0 aliphatic heterocycles. The molecule has 0 spiro atoms. The van der Waals surface area contributed by atoms with Crippen LogP contribution in [-0.2, 0) is 11.2 Å². The molecule has 104 valence electrons. The van der Waals surface area contributed by atoms with Crippen molar-refractivity contribution in [3.05, 3.63) is 51.7 Å². The van der Waals surface area contributed by atoms with Gasteiger partial charge in [-0.05, 0) is 17.7 Å². The molecule has 5 nitrogen and oxygen atoms in total. The van der Waals surface area contributed by atoms with Gasteiger partial charge in [-0.1, -0.05) is 12.1 Å². The van der Waals surface area contributed by atoms with Crippen LogP contribution in [0, 0.1) is 5.82 Å². The second-order valence-corrected chi connectivity index (χ2v) is 5.11. The monoisotopic (exact) mass is 294 g/mol. The van der Waals surface area contributed by atoms with E-state index in [4.69, 9.17) is 5.11 Å². The van der Waals surface area contributed by atoms with E-state index in [-0.39, 0.29) is 5.82 Å². The van der Waals surface area contributed by atoms with Crippen molar-refractivity contribution in [3.63, 3.8) is 0 Å². The van der Waals surface area contributed by atoms with Gasteiger partial charge in [-0.2, -0.15) is 0 Å². The van der Waals surface area contributed by atoms with Gasteiger partial charge in [-0.25, -0.2) is 9.37 Å². The molecule has 0 unspecified atom stereocenters. The standard InChI is InChI=1S/C13H11FN2O3S/c14-9-3-1-8(2-4-9)5-11-15-6-10(20-11)13(19)16-7-12(17)18/h1-4,6H,5,7H2,(H,16,19)(H,17,18). The second-order valence-electron chi connectivity index (χ2n) is 4.00. The van der Waals surface area contributed by atoms with Gasteiger partial charge in [0.05, 0.1) is 11.2 Å². The Morgan fingerprint density at radius 1 is 1.30 bits per heavy atom. The van der Waals surface area contributed by atoms with Crippen molar-refractivity contribution >= 4 is 23.2 Å². The van der Waals surface area contributed by atoms with Crippen LogP contribution in [-0.4, -0.2) is 28.5 Å². The van der Waals surface area contributed by atoms with Gasteiger partial charge >= 0.3 is 5.97 Å². The fraction of sp³-hybridized carbons (Fsp3) is 0.154. The summed E-state index contributed by atoms with van der Waals surface area (Å²) in [4.78, 5) is 26.4. The molecular weight excluding hydrogens is 283 g/mol. The van der Waals surface area contributed by atoms with Gasteiger partial charge in [0.2, 0.25) is 0 Å². The third-order valence-corrected chi connectivity index (χ3v) is 3.44. The molecule has 0 saturated heterocycles. The average molecular weight is 294 g/mol. The molecule has 0 atom stereocenters. The molecule has 20 heavy (non-hydrogen) atoms. The molecule has 2 N–H and O–H groups in total. The zero-order valence-corrected chi connectivity index (χ0v) is 11.1. The maximum absolute atomic E-state index is 12.8. The minimum atomic E-state index is -1.10. The topological polar surface area (TPSA) is 79.3 Å². The summed E-state index contributed by atoms with van der Waals surface area (Å²) in [6.07, 6.45) is 1.90. The Morgan fingerprint density at radius 2 is 2.00 bits per heavy atom. The van der Waals surface area contributed by atoms with Gasteiger partial charge < -0.3 is 10.4 Å². The van der Waals surface area contributed by atoms with E-state index < -0.39 is 18.4 Å². The number of hydrogen-bond donors (Lipinski definition) is 2. The first kappa shape index (κ1) is 14.1. The van der Waals surface area contributed by atoms with Crippen molar-refractivity contribution in [1.29, 1.82) is 0 Å². The molecule has 7 heteroatoms. The van der Waals surface area contributed by atoms with Crippen LogP contribution in [0.5, 0.6) is 0 Å². The van der Waals surface area contributed by atoms with Crippen LogP contribution in [0.15, 0.2) is 30.5 Å². The minimum absolute atomic E-state index is 0.304. The summed E-state index contributed by atoms with van der Waals surface area (Å²) in [6.45, 7) is -0.427. The first-order valence-electron chi connectivity index (χ1n) is 5.74. The predicted octanol–water partition coefficient (Wildman–Crippen LogP) is 1.69. The van der Waals surface area contributed by atoms with Crippen molar-refractivity contribution in [2.24, 2.45) is 0 Å². The molecular formula is C13H11FN2O3S. The number of benzene rings is 1. The number of aliphatic carboxylic acids is 1. The predicted molar refractivity (Wildman–Crippen MR) is 71.3 cm³/mol. The molecule has 0 bridgehead atoms. The van der Waals surface area contributed by atoms with E-state index in [1.807, 2.05) is 0 Å². The van der Waals surface area contributed by atoms with Gasteiger partial charge in [0.25, 0.3) is 5.91 Å². The molecule has 1 amide bonds. The van der Waals surface area contributed by atoms with Crippen LogP contribution in [0.2, 0.25) is 0 Å². The summed E-state index contributed by atoms with van der Waals surface area (Å²) in [5, 5.41) is 11.4. The number of thiazole rings is 1. The van der Waals surface area contributed by atoms with Crippen LogP contribution >= 0.6 is 11.3 Å². The summed E-state index contributed by atoms with van der Waals surface area (Å²) in [5.41, 5.74) is 0.887. The fourth-order valence-electron chi connectivity index (χ4n) is 1.52. The van der Waals surface area contributed by atoms with Gasteiger partial charge in [-0.3, -0.25) is 9.59 Å². The number of carboxylic acids is 1. The maximum atomic E-state index is 12.8. The Balaban J connectivity index is 1.99. The Hall–Kier alpha value is -2.28. The summed E-state index contributed by atoms with van der Waals surface area (Å²) < 4.78 is 12.8. The Bertz CT molecular complexity index is 625. The van der Waals surface area contributed by atoms with Crippen molar-refractivity contribution in [2.45, 2.75) is 6.42 Å². The number of nitrogens with zero attached hydrogens (tertiary/aromatic N) is 1. The van der Waals surface area contributed by atoms with E-state index >= 15 is 0 Å². The number of aromatic nitrogens is 1. The van der Waals surface area contributed by atoms with Crippen molar-refractivity contribution in [2.75, 3.05) is 6.54 Å². The molecule has 0 saturated carbocycles. The van der Waals surface area contributed by atoms with Crippen LogP contribution in [0.4, 0.5) is 4.39 Å². The number of amides is 1. The zero-order valence-electron chi connectivity index (χ0n) is 10.3. The van der Waals surface area contributed by atoms with E-state index in [1.54, 1.807) is 12.1 Å². The molecule has 0 aliphatic rings. The number of nitrogens with one attached hydrogen (secondary N) is 1. The van der Waals surface area contributed by atoms with Crippen molar-refractivity contribution < 1.29 is 19.1 Å². The second kappa shape index (κ2) is 6.25. The van der Waals surface area contributed by atoms with E-state index in [0.29, 0.717) is 16.3 Å². The number of rotatable bonds is 5. The summed E-state index contributed by atoms with van der Waals surface area (Å²) in [6, 6.07) is 6.04. The van der Waals surface area contributed by atoms with Crippen molar-refractivity contribution in [3.8, 4) is 0 Å². The lowest BCUT2D eigenvalue weighted by atomic mass is 10.2. The Labute approximate surface area is 118 Å². The van der Waals surface area contributed by atoms with Gasteiger partial charge in [0, 0.05) is 6.42 Å². The smallest absolute Gasteiger partial charge is 0.322 e. The molecule has 2 rings (SSSR count). The highest BCUT2D eigenvalue weighted by Crippen LogP contribution is 2.17. The largest absolute Gasteiger partial charge is 0.480 e. The van der Waals surface area contributed by atoms with Crippen LogP contribution < -0.4 is 5.32 Å². The molecule has 1 aromatic heterocycles. The lowest BCUT2D eigenvalue weighted by molar-refractivity contribution is -0.135. The Kier molecular flexibility index (Phi) is 4.41. The third-order valence-electron chi connectivity index (χ3n) is 2.45. The molecule has 0 radical (unpaired) electrons. The SMILES string of the molecule is O=C(O)CNC(=O)c1cnc(Cc2ccc(F)cc2)s1. The van der Waals surface area contributed by atoms with Crippen LogP contribution in [0.3, 0.4) is 0 Å². The summed E-state index contributed by atoms with van der Waals surface area (Å²) in [7, 11) is 0. The van der Waals surface area contributed by atoms with Crippen molar-refractivity contribution in [1.82, 2.24) is 10.3 Å². The van der Waals surface area contributed by atoms with E-state index in [2.05, 4.69) is 10.3 Å². The van der Waals surface area contributed by atoms with Gasteiger partial charge in [-0.15, -0.1) is 11.3 Å². The highest BCUT2D eigenvalue weighted by Gasteiger charge is 2.11. The lowest BCUT2D eigenvalue weighted by Crippen LogP contribution is -2.28. The molecule has 0 aliphatic carbocycles. The zero-order chi connectivity index (χ0) is 14.5. The quantitative estimate of drug-likeness (QED) is 0.879. The number of carboxylic acid groups (broad SMARTS) is 1. The Morgan fingerprint density at radius 3 is 2.65 bits per heavy atom. The average Bonchev–Trinajstić information content (AvgIpc) is 2.87. The van der Waals surface area contributed by atoms with Crippen LogP contribution in [0.1, 0.15) is 20.2 Å². The number of halogens is 1. The lowest BCUT2D eigenvalue weighted by Gasteiger charge is -1.98. The van der Waals surface area contributed by atoms with Gasteiger partial charge in [0.15, 0.2) is 0 Å². The minimum Gasteiger partial charge on any atom is -0.480 e. The molecule has 1 aromatic carbocycles. The number of hydrogen-bond acceptors (Lipinski definition) is 4. The van der Waals surface area contributed by atoms with Gasteiger partial charge in [0.1, 0.15) is 17.2 Å². The molecule has 1 heterocycles. The first-order valence-corrected chi connectivity index (χ1v) is 6.55. The third kappa shape index (κ3) is 3.86. The number of carbonyl (C=O) groups is 2. The van der Waals surface area contributed by atoms with E-state index in [1.165, 1.54) is 29.7 Å². The maximum Gasteiger partial charge on any atom is 0.322 e. The summed E-state index contributed by atoms with van der Waals surface area (Å²) in [5.74, 6) is -1.87. The van der Waals surface area contributed by atoms with E-state index in [0.717, 1.165) is 5.56 Å². The molecule has 2 aromatic rings. The normalized spacial score (nSPS) is 10.2. The highest BCUT2D eigenvalue weighted by molar-refractivity contribution is 7.13.